The normalized spacial score (nSPS) is 18.2. The summed E-state index contributed by atoms with van der Waals surface area (Å²) in [6, 6.07) is 16.5. The lowest BCUT2D eigenvalue weighted by Crippen LogP contribution is -2.28. The van der Waals surface area contributed by atoms with Crippen LogP contribution in [-0.2, 0) is 9.59 Å². The van der Waals surface area contributed by atoms with Crippen LogP contribution in [0.25, 0.3) is 0 Å². The number of benzene rings is 2. The monoisotopic (exact) mass is 414 g/mol. The summed E-state index contributed by atoms with van der Waals surface area (Å²) >= 11 is 7.04. The van der Waals surface area contributed by atoms with Crippen LogP contribution >= 0.6 is 23.4 Å². The first-order valence-electron chi connectivity index (χ1n) is 8.78. The van der Waals surface area contributed by atoms with Crippen molar-refractivity contribution >= 4 is 51.7 Å². The van der Waals surface area contributed by atoms with E-state index in [2.05, 4.69) is 20.8 Å². The molecule has 8 heteroatoms. The molecule has 2 N–H and O–H groups in total. The highest BCUT2D eigenvalue weighted by Gasteiger charge is 2.32. The zero-order chi connectivity index (χ0) is 19.9. The Labute approximate surface area is 172 Å². The van der Waals surface area contributed by atoms with Gasteiger partial charge in [-0.1, -0.05) is 60.6 Å². The smallest absolute Gasteiger partial charge is 0.240 e. The van der Waals surface area contributed by atoms with Crippen molar-refractivity contribution in [3.05, 3.63) is 65.2 Å². The molecule has 0 radical (unpaired) electrons. The standard InChI is InChI=1S/C20H19ClN4O2S/c1-2-16(13-6-4-3-5-7-13)24-25-20-23-19(27)17(28-20)12-18(26)22-15-10-8-14(21)9-11-15/h3-11,17H,2,12H2,1H3,(H,22,26)(H,23,25,27). The van der Waals surface area contributed by atoms with Gasteiger partial charge < -0.3 is 10.6 Å². The van der Waals surface area contributed by atoms with Gasteiger partial charge in [-0.05, 0) is 36.2 Å². The van der Waals surface area contributed by atoms with E-state index < -0.39 is 5.25 Å². The number of rotatable bonds is 6. The summed E-state index contributed by atoms with van der Waals surface area (Å²) in [7, 11) is 0. The van der Waals surface area contributed by atoms with Gasteiger partial charge in [0.15, 0.2) is 5.17 Å². The summed E-state index contributed by atoms with van der Waals surface area (Å²) in [6.45, 7) is 2.00. The van der Waals surface area contributed by atoms with Crippen LogP contribution in [0, 0.1) is 0 Å². The lowest BCUT2D eigenvalue weighted by atomic mass is 10.1. The number of halogens is 1. The fraction of sp³-hybridized carbons (Fsp3) is 0.200. The molecule has 0 spiro atoms. The first-order valence-corrected chi connectivity index (χ1v) is 10.0. The molecule has 1 saturated heterocycles. The lowest BCUT2D eigenvalue weighted by molar-refractivity contribution is -0.122. The summed E-state index contributed by atoms with van der Waals surface area (Å²) in [5.74, 6) is -0.499. The van der Waals surface area contributed by atoms with E-state index in [1.54, 1.807) is 24.3 Å². The van der Waals surface area contributed by atoms with Gasteiger partial charge in [-0.2, -0.15) is 5.10 Å². The molecule has 0 aromatic heterocycles. The number of nitrogens with zero attached hydrogens (tertiary/aromatic N) is 2. The van der Waals surface area contributed by atoms with Crippen molar-refractivity contribution in [3.8, 4) is 0 Å². The van der Waals surface area contributed by atoms with Gasteiger partial charge in [0.05, 0.1) is 5.71 Å². The Balaban J connectivity index is 1.61. The van der Waals surface area contributed by atoms with Gasteiger partial charge >= 0.3 is 0 Å². The van der Waals surface area contributed by atoms with Gasteiger partial charge in [-0.3, -0.25) is 9.59 Å². The molecule has 6 nitrogen and oxygen atoms in total. The Morgan fingerprint density at radius 1 is 1.18 bits per heavy atom. The Bertz CT molecular complexity index is 914. The molecule has 2 aromatic rings. The third-order valence-corrected chi connectivity index (χ3v) is 5.30. The van der Waals surface area contributed by atoms with Crippen molar-refractivity contribution in [1.29, 1.82) is 0 Å². The third-order valence-electron chi connectivity index (χ3n) is 3.98. The number of hydrogen-bond donors (Lipinski definition) is 2. The van der Waals surface area contributed by atoms with Crippen molar-refractivity contribution in [3.63, 3.8) is 0 Å². The molecular weight excluding hydrogens is 396 g/mol. The van der Waals surface area contributed by atoms with E-state index in [0.717, 1.165) is 11.3 Å². The molecule has 1 unspecified atom stereocenters. The molecule has 1 atom stereocenters. The molecule has 1 aliphatic heterocycles. The highest BCUT2D eigenvalue weighted by Crippen LogP contribution is 2.23. The van der Waals surface area contributed by atoms with Crippen molar-refractivity contribution in [2.24, 2.45) is 10.2 Å². The van der Waals surface area contributed by atoms with Gasteiger partial charge in [0.2, 0.25) is 11.8 Å². The SMILES string of the molecule is CCC(=NN=C1NC(=O)C(CC(=O)Nc2ccc(Cl)cc2)S1)c1ccccc1. The van der Waals surface area contributed by atoms with Gasteiger partial charge in [-0.25, -0.2) is 0 Å². The minimum absolute atomic E-state index is 0.0428. The summed E-state index contributed by atoms with van der Waals surface area (Å²) in [4.78, 5) is 24.3. The van der Waals surface area contributed by atoms with Gasteiger partial charge in [0.25, 0.3) is 0 Å². The minimum Gasteiger partial charge on any atom is -0.326 e. The van der Waals surface area contributed by atoms with E-state index >= 15 is 0 Å². The van der Waals surface area contributed by atoms with E-state index in [4.69, 9.17) is 11.6 Å². The van der Waals surface area contributed by atoms with E-state index in [-0.39, 0.29) is 18.2 Å². The quantitative estimate of drug-likeness (QED) is 0.552. The zero-order valence-electron chi connectivity index (χ0n) is 15.2. The third kappa shape index (κ3) is 5.43. The molecule has 0 saturated carbocycles. The minimum atomic E-state index is -0.539. The van der Waals surface area contributed by atoms with Crippen LogP contribution in [0.4, 0.5) is 5.69 Å². The summed E-state index contributed by atoms with van der Waals surface area (Å²) in [5.41, 5.74) is 2.45. The number of amides is 2. The molecule has 2 aromatic carbocycles. The highest BCUT2D eigenvalue weighted by molar-refractivity contribution is 8.15. The Morgan fingerprint density at radius 3 is 2.57 bits per heavy atom. The van der Waals surface area contributed by atoms with Crippen LogP contribution in [0.3, 0.4) is 0 Å². The topological polar surface area (TPSA) is 82.9 Å². The largest absolute Gasteiger partial charge is 0.326 e. The molecule has 1 fully saturated rings. The van der Waals surface area contributed by atoms with Gasteiger partial charge in [0, 0.05) is 17.1 Å². The summed E-state index contributed by atoms with van der Waals surface area (Å²) < 4.78 is 0. The first kappa shape index (κ1) is 20.1. The van der Waals surface area contributed by atoms with Crippen LogP contribution in [-0.4, -0.2) is 27.9 Å². The summed E-state index contributed by atoms with van der Waals surface area (Å²) in [6.07, 6.45) is 0.757. The average molecular weight is 415 g/mol. The van der Waals surface area contributed by atoms with Crippen molar-refractivity contribution in [2.45, 2.75) is 25.0 Å². The maximum atomic E-state index is 12.2. The Kier molecular flexibility index (Phi) is 6.84. The van der Waals surface area contributed by atoms with E-state index in [0.29, 0.717) is 22.3 Å². The Hall–Kier alpha value is -2.64. The maximum Gasteiger partial charge on any atom is 0.240 e. The van der Waals surface area contributed by atoms with Crippen molar-refractivity contribution in [2.75, 3.05) is 5.32 Å². The second kappa shape index (κ2) is 9.52. The lowest BCUT2D eigenvalue weighted by Gasteiger charge is -2.07. The van der Waals surface area contributed by atoms with Crippen molar-refractivity contribution < 1.29 is 9.59 Å². The molecule has 1 heterocycles. The fourth-order valence-electron chi connectivity index (χ4n) is 2.57. The first-order chi connectivity index (χ1) is 13.5. The maximum absolute atomic E-state index is 12.2. The molecule has 0 aliphatic carbocycles. The van der Waals surface area contributed by atoms with Crippen LogP contribution in [0.1, 0.15) is 25.3 Å². The van der Waals surface area contributed by atoms with E-state index in [9.17, 15) is 9.59 Å². The molecule has 144 valence electrons. The van der Waals surface area contributed by atoms with Crippen molar-refractivity contribution in [1.82, 2.24) is 5.32 Å². The average Bonchev–Trinajstić information content (AvgIpc) is 3.04. The second-order valence-electron chi connectivity index (χ2n) is 6.03. The van der Waals surface area contributed by atoms with E-state index in [1.807, 2.05) is 37.3 Å². The molecule has 0 bridgehead atoms. The summed E-state index contributed by atoms with van der Waals surface area (Å²) in [5, 5.41) is 14.3. The number of thioether (sulfide) groups is 1. The number of amidine groups is 1. The molecule has 3 rings (SSSR count). The van der Waals surface area contributed by atoms with E-state index in [1.165, 1.54) is 11.8 Å². The number of anilines is 1. The second-order valence-corrected chi connectivity index (χ2v) is 7.65. The van der Waals surface area contributed by atoms with Crippen LogP contribution in [0.2, 0.25) is 5.02 Å². The van der Waals surface area contributed by atoms with Gasteiger partial charge in [0.1, 0.15) is 5.25 Å². The van der Waals surface area contributed by atoms with Crippen LogP contribution in [0.15, 0.2) is 64.8 Å². The molecule has 2 amide bonds. The molecule has 1 aliphatic rings. The number of nitrogens with one attached hydrogen (secondary N) is 2. The predicted octanol–water partition coefficient (Wildman–Crippen LogP) is 4.07. The van der Waals surface area contributed by atoms with Gasteiger partial charge in [-0.15, -0.1) is 5.10 Å². The van der Waals surface area contributed by atoms with Crippen LogP contribution in [0.5, 0.6) is 0 Å². The zero-order valence-corrected chi connectivity index (χ0v) is 16.8. The number of hydrogen-bond acceptors (Lipinski definition) is 5. The molecular formula is C20H19ClN4O2S. The van der Waals surface area contributed by atoms with Crippen LogP contribution < -0.4 is 10.6 Å². The molecule has 28 heavy (non-hydrogen) atoms. The highest BCUT2D eigenvalue weighted by atomic mass is 35.5. The fourth-order valence-corrected chi connectivity index (χ4v) is 3.61. The predicted molar refractivity (Wildman–Crippen MR) is 115 cm³/mol. The number of carbonyl (C=O) groups excluding carboxylic acids is 2. The number of carbonyl (C=O) groups is 2. The Morgan fingerprint density at radius 2 is 1.89 bits per heavy atom.